The molecule has 8 nitrogen and oxygen atoms in total. The molecule has 9 heteroatoms. The molecule has 2 heterocycles. The molecule has 22 heavy (non-hydrogen) atoms. The van der Waals surface area contributed by atoms with Gasteiger partial charge in [-0.05, 0) is 33.6 Å². The van der Waals surface area contributed by atoms with Crippen molar-refractivity contribution in [3.05, 3.63) is 34.8 Å². The molecule has 0 bridgehead atoms. The number of methoxy groups -OCH3 is 1. The molecule has 112 valence electrons. The Balaban J connectivity index is 1.83. The van der Waals surface area contributed by atoms with E-state index >= 15 is 0 Å². The molecule has 2 aromatic heterocycles. The van der Waals surface area contributed by atoms with E-state index in [0.29, 0.717) is 27.2 Å². The van der Waals surface area contributed by atoms with E-state index in [2.05, 4.69) is 46.4 Å². The van der Waals surface area contributed by atoms with Crippen molar-refractivity contribution in [2.45, 2.75) is 0 Å². The van der Waals surface area contributed by atoms with E-state index in [1.807, 2.05) is 0 Å². The van der Waals surface area contributed by atoms with Gasteiger partial charge in [0.25, 0.3) is 0 Å². The molecule has 0 saturated heterocycles. The number of H-pyrrole nitrogens is 1. The maximum atomic E-state index is 9.76. The summed E-state index contributed by atoms with van der Waals surface area (Å²) >= 11 is 3.26. The van der Waals surface area contributed by atoms with Gasteiger partial charge in [0.15, 0.2) is 23.0 Å². The number of hydrogen-bond acceptors (Lipinski definition) is 7. The lowest BCUT2D eigenvalue weighted by molar-refractivity contribution is 0.372. The third kappa shape index (κ3) is 2.70. The smallest absolute Gasteiger partial charge is 0.182 e. The largest absolute Gasteiger partial charge is 0.503 e. The van der Waals surface area contributed by atoms with Gasteiger partial charge in [0.2, 0.25) is 0 Å². The molecule has 3 N–H and O–H groups in total. The van der Waals surface area contributed by atoms with Crippen LogP contribution in [0.4, 0.5) is 5.82 Å². The van der Waals surface area contributed by atoms with Crippen LogP contribution in [0.15, 0.2) is 34.4 Å². The van der Waals surface area contributed by atoms with Crippen LogP contribution in [0.5, 0.6) is 11.5 Å². The first-order valence-corrected chi connectivity index (χ1v) is 6.98. The minimum Gasteiger partial charge on any atom is -0.503 e. The minimum absolute atomic E-state index is 0.0441. The Hall–Kier alpha value is -2.68. The van der Waals surface area contributed by atoms with Gasteiger partial charge in [-0.15, -0.1) is 0 Å². The number of hydrazone groups is 1. The number of rotatable bonds is 4. The number of nitrogens with zero attached hydrogens (tertiary/aromatic N) is 4. The Bertz CT molecular complexity index is 848. The summed E-state index contributed by atoms with van der Waals surface area (Å²) < 4.78 is 5.60. The van der Waals surface area contributed by atoms with E-state index in [-0.39, 0.29) is 5.75 Å². The first-order valence-electron chi connectivity index (χ1n) is 6.18. The van der Waals surface area contributed by atoms with E-state index in [4.69, 9.17) is 4.74 Å². The van der Waals surface area contributed by atoms with Crippen molar-refractivity contribution in [1.82, 2.24) is 19.9 Å². The van der Waals surface area contributed by atoms with Crippen LogP contribution in [0.3, 0.4) is 0 Å². The van der Waals surface area contributed by atoms with Gasteiger partial charge in [-0.3, -0.25) is 5.43 Å². The highest BCUT2D eigenvalue weighted by Crippen LogP contribution is 2.34. The third-order valence-corrected chi connectivity index (χ3v) is 3.48. The van der Waals surface area contributed by atoms with Crippen LogP contribution in [-0.2, 0) is 0 Å². The van der Waals surface area contributed by atoms with Crippen LogP contribution in [0.1, 0.15) is 5.56 Å². The molecule has 0 fully saturated rings. The lowest BCUT2D eigenvalue weighted by atomic mass is 10.2. The van der Waals surface area contributed by atoms with Gasteiger partial charge in [-0.25, -0.2) is 15.0 Å². The van der Waals surface area contributed by atoms with Gasteiger partial charge in [-0.1, -0.05) is 0 Å². The normalized spacial score (nSPS) is 11.2. The molecule has 0 spiro atoms. The van der Waals surface area contributed by atoms with Gasteiger partial charge in [-0.2, -0.15) is 5.10 Å². The van der Waals surface area contributed by atoms with Crippen LogP contribution in [0.2, 0.25) is 0 Å². The van der Waals surface area contributed by atoms with E-state index < -0.39 is 0 Å². The molecule has 0 unspecified atom stereocenters. The van der Waals surface area contributed by atoms with E-state index in [9.17, 15) is 5.11 Å². The van der Waals surface area contributed by atoms with E-state index in [0.717, 1.165) is 5.56 Å². The molecular formula is C13H11BrN6O2. The fraction of sp³-hybridized carbons (Fsp3) is 0.0769. The second-order valence-corrected chi connectivity index (χ2v) is 5.10. The first kappa shape index (κ1) is 14.3. The van der Waals surface area contributed by atoms with Gasteiger partial charge >= 0.3 is 0 Å². The molecule has 0 saturated carbocycles. The average molecular weight is 363 g/mol. The van der Waals surface area contributed by atoms with Crippen molar-refractivity contribution in [3.8, 4) is 11.5 Å². The SMILES string of the molecule is COc1cc(/C=N/Nc2ncnc3nc[nH]c23)cc(Br)c1O. The Morgan fingerprint density at radius 3 is 3.05 bits per heavy atom. The summed E-state index contributed by atoms with van der Waals surface area (Å²) in [5.41, 5.74) is 4.79. The summed E-state index contributed by atoms with van der Waals surface area (Å²) in [6.07, 6.45) is 4.52. The maximum absolute atomic E-state index is 9.76. The monoisotopic (exact) mass is 362 g/mol. The summed E-state index contributed by atoms with van der Waals surface area (Å²) in [6, 6.07) is 3.38. The van der Waals surface area contributed by atoms with Crippen molar-refractivity contribution in [2.75, 3.05) is 12.5 Å². The number of fused-ring (bicyclic) bond motifs is 1. The third-order valence-electron chi connectivity index (χ3n) is 2.88. The molecule has 3 aromatic rings. The minimum atomic E-state index is 0.0441. The standard InChI is InChI=1S/C13H11BrN6O2/c1-22-9-3-7(2-8(14)11(9)21)4-19-20-13-10-12(16-5-15-10)17-6-18-13/h2-6,21H,1H3,(H2,15,16,17,18,20)/b19-4+. The van der Waals surface area contributed by atoms with Gasteiger partial charge in [0, 0.05) is 0 Å². The molecule has 0 radical (unpaired) electrons. The fourth-order valence-corrected chi connectivity index (χ4v) is 2.30. The lowest BCUT2D eigenvalue weighted by Gasteiger charge is -2.06. The average Bonchev–Trinajstić information content (AvgIpc) is 3.00. The number of imidazole rings is 1. The fourth-order valence-electron chi connectivity index (χ4n) is 1.84. The van der Waals surface area contributed by atoms with Crippen LogP contribution >= 0.6 is 15.9 Å². The van der Waals surface area contributed by atoms with Crippen molar-refractivity contribution in [2.24, 2.45) is 5.10 Å². The zero-order chi connectivity index (χ0) is 15.5. The lowest BCUT2D eigenvalue weighted by Crippen LogP contribution is -1.96. The van der Waals surface area contributed by atoms with E-state index in [1.165, 1.54) is 19.8 Å². The molecule has 3 rings (SSSR count). The predicted octanol–water partition coefficient (Wildman–Crippen LogP) is 2.28. The number of aromatic hydroxyl groups is 1. The second kappa shape index (κ2) is 5.98. The molecule has 0 aliphatic rings. The Morgan fingerprint density at radius 1 is 1.36 bits per heavy atom. The molecule has 0 aliphatic heterocycles. The Labute approximate surface area is 133 Å². The zero-order valence-electron chi connectivity index (χ0n) is 11.4. The number of phenols is 1. The quantitative estimate of drug-likeness (QED) is 0.485. The second-order valence-electron chi connectivity index (χ2n) is 4.25. The molecule has 0 atom stereocenters. The number of halogens is 1. The first-order chi connectivity index (χ1) is 10.7. The topological polar surface area (TPSA) is 108 Å². The van der Waals surface area contributed by atoms with Crippen LogP contribution in [0.25, 0.3) is 11.2 Å². The van der Waals surface area contributed by atoms with Crippen molar-refractivity contribution < 1.29 is 9.84 Å². The molecule has 1 aromatic carbocycles. The van der Waals surface area contributed by atoms with Crippen LogP contribution in [0, 0.1) is 0 Å². The maximum Gasteiger partial charge on any atom is 0.182 e. The number of benzene rings is 1. The van der Waals surface area contributed by atoms with Crippen molar-refractivity contribution in [1.29, 1.82) is 0 Å². The summed E-state index contributed by atoms with van der Waals surface area (Å²) in [4.78, 5) is 15.1. The van der Waals surface area contributed by atoms with Crippen molar-refractivity contribution >= 4 is 39.1 Å². The van der Waals surface area contributed by atoms with Crippen LogP contribution < -0.4 is 10.2 Å². The highest BCUT2D eigenvalue weighted by atomic mass is 79.9. The number of aromatic nitrogens is 4. The number of hydrogen-bond donors (Lipinski definition) is 3. The summed E-state index contributed by atoms with van der Waals surface area (Å²) in [5.74, 6) is 0.917. The van der Waals surface area contributed by atoms with Crippen molar-refractivity contribution in [3.63, 3.8) is 0 Å². The highest BCUT2D eigenvalue weighted by molar-refractivity contribution is 9.10. The number of nitrogens with one attached hydrogen (secondary N) is 2. The summed E-state index contributed by atoms with van der Waals surface area (Å²) in [7, 11) is 1.48. The van der Waals surface area contributed by atoms with Gasteiger partial charge in [0.05, 0.1) is 24.1 Å². The van der Waals surface area contributed by atoms with Gasteiger partial charge < -0.3 is 14.8 Å². The predicted molar refractivity (Wildman–Crippen MR) is 85.3 cm³/mol. The molecule has 0 aliphatic carbocycles. The zero-order valence-corrected chi connectivity index (χ0v) is 13.0. The number of phenolic OH excluding ortho intramolecular Hbond substituents is 1. The highest BCUT2D eigenvalue weighted by Gasteiger charge is 2.08. The van der Waals surface area contributed by atoms with Crippen LogP contribution in [-0.4, -0.2) is 38.4 Å². The molecular weight excluding hydrogens is 352 g/mol. The number of aromatic amines is 1. The molecule has 0 amide bonds. The van der Waals surface area contributed by atoms with E-state index in [1.54, 1.807) is 18.3 Å². The Morgan fingerprint density at radius 2 is 2.23 bits per heavy atom. The summed E-state index contributed by atoms with van der Waals surface area (Å²) in [6.45, 7) is 0. The Kier molecular flexibility index (Phi) is 3.88. The van der Waals surface area contributed by atoms with Gasteiger partial charge in [0.1, 0.15) is 11.8 Å². The number of anilines is 1. The number of ether oxygens (including phenoxy) is 1. The summed E-state index contributed by atoms with van der Waals surface area (Å²) in [5, 5.41) is 13.9.